The van der Waals surface area contributed by atoms with E-state index < -0.39 is 0 Å². The lowest BCUT2D eigenvalue weighted by Gasteiger charge is -2.21. The van der Waals surface area contributed by atoms with Crippen molar-refractivity contribution in [2.24, 2.45) is 17.3 Å². The zero-order valence-corrected chi connectivity index (χ0v) is 36.7. The van der Waals surface area contributed by atoms with Gasteiger partial charge < -0.3 is 14.3 Å². The molecule has 0 saturated heterocycles. The molecule has 52 heavy (non-hydrogen) atoms. The van der Waals surface area contributed by atoms with Crippen molar-refractivity contribution in [1.82, 2.24) is 0 Å². The predicted molar refractivity (Wildman–Crippen MR) is 228 cm³/mol. The third-order valence-corrected chi connectivity index (χ3v) is 8.92. The summed E-state index contributed by atoms with van der Waals surface area (Å²) in [6.07, 6.45) is 19.3. The summed E-state index contributed by atoms with van der Waals surface area (Å²) in [7, 11) is 0. The fourth-order valence-electron chi connectivity index (χ4n) is 6.22. The molecule has 1 aliphatic rings. The number of hydrogen-bond donors (Lipinski definition) is 0. The predicted octanol–water partition coefficient (Wildman–Crippen LogP) is 15.2. The highest BCUT2D eigenvalue weighted by Gasteiger charge is 2.19. The van der Waals surface area contributed by atoms with Crippen LogP contribution in [0.5, 0.6) is 5.75 Å². The maximum atomic E-state index is 12.5. The Kier molecular flexibility index (Phi) is 35.1. The van der Waals surface area contributed by atoms with Crippen LogP contribution in [0.15, 0.2) is 48.6 Å². The number of hydrogen-bond acceptors (Lipinski definition) is 3. The first-order valence-electron chi connectivity index (χ1n) is 20.8. The quantitative estimate of drug-likeness (QED) is 0.128. The lowest BCUT2D eigenvalue weighted by atomic mass is 9.83. The molecule has 3 rings (SSSR count). The van der Waals surface area contributed by atoms with E-state index in [-0.39, 0.29) is 17.0 Å². The van der Waals surface area contributed by atoms with Gasteiger partial charge in [0, 0.05) is 19.3 Å². The monoisotopic (exact) mass is 727 g/mol. The molecule has 4 heteroatoms. The molecule has 3 nitrogen and oxygen atoms in total. The molecule has 1 aliphatic heterocycles. The molecule has 0 radical (unpaired) electrons. The lowest BCUT2D eigenvalue weighted by molar-refractivity contribution is -0.118. The molecule has 0 bridgehead atoms. The van der Waals surface area contributed by atoms with Crippen molar-refractivity contribution >= 4 is 12.1 Å². The van der Waals surface area contributed by atoms with Crippen LogP contribution in [0.25, 0.3) is 0 Å². The number of Topliss-reactive ketones (excluding diaryl/α,β-unsaturated/α-hetero) is 1. The first-order valence-corrected chi connectivity index (χ1v) is 20.8. The Balaban J connectivity index is -0.000000753. The van der Waals surface area contributed by atoms with E-state index in [1.54, 1.807) is 19.9 Å². The summed E-state index contributed by atoms with van der Waals surface area (Å²) >= 11 is 0. The van der Waals surface area contributed by atoms with Crippen molar-refractivity contribution in [1.29, 1.82) is 0 Å². The molecule has 0 saturated carbocycles. The van der Waals surface area contributed by atoms with Crippen LogP contribution in [-0.4, -0.2) is 18.7 Å². The minimum Gasteiger partial charge on any atom is -0.493 e. The maximum absolute atomic E-state index is 12.5. The van der Waals surface area contributed by atoms with Crippen LogP contribution in [-0.2, 0) is 16.0 Å². The fraction of sp³-hybridized carbons (Fsp3) is 0.667. The zero-order chi connectivity index (χ0) is 40.5. The number of ketones is 1. The van der Waals surface area contributed by atoms with Crippen LogP contribution in [0, 0.1) is 36.9 Å². The molecule has 0 N–H and O–H groups in total. The smallest absolute Gasteiger partial charge is 0.130 e. The molecule has 2 aromatic carbocycles. The van der Waals surface area contributed by atoms with Crippen LogP contribution >= 0.6 is 0 Å². The van der Waals surface area contributed by atoms with Crippen LogP contribution in [0.2, 0.25) is 0 Å². The highest BCUT2D eigenvalue weighted by atomic mass is 19.1. The second-order valence-electron chi connectivity index (χ2n) is 14.5. The number of fused-ring (bicyclic) bond motifs is 1. The molecule has 0 fully saturated rings. The lowest BCUT2D eigenvalue weighted by Crippen LogP contribution is -2.14. The molecule has 0 spiro atoms. The number of aldehydes is 1. The number of ether oxygens (including phenoxy) is 1. The number of rotatable bonds is 16. The SMILES string of the molecule is CC.CC.CCC(CC(C)C/C=C\CC(C)(C)CC(C)=O)c1ccc2c(c1)CCO2.CCC=O.CCCC(CC)CCC.Cc1ccc(F)c(C)c1. The summed E-state index contributed by atoms with van der Waals surface area (Å²) < 4.78 is 18.1. The second kappa shape index (κ2) is 34.0. The Morgan fingerprint density at radius 2 is 1.50 bits per heavy atom. The molecule has 2 aromatic rings. The molecule has 0 aromatic heterocycles. The Labute approximate surface area is 323 Å². The minimum absolute atomic E-state index is 0.0734. The Morgan fingerprint density at radius 3 is 1.96 bits per heavy atom. The van der Waals surface area contributed by atoms with Gasteiger partial charge in [-0.25, -0.2) is 4.39 Å². The van der Waals surface area contributed by atoms with Crippen LogP contribution in [0.3, 0.4) is 0 Å². The summed E-state index contributed by atoms with van der Waals surface area (Å²) in [5, 5.41) is 0. The Bertz CT molecular complexity index is 1180. The standard InChI is InChI=1S/C24H36O2.C9H20.C8H9F.C3H6O.2C2H6/c1-6-20(21-10-11-23-22(16-21)12-14-26-23)15-18(2)9-7-8-13-24(4,5)17-19(3)25;1-4-7-9(6-3)8-5-2;1-6-3-4-8(9)7(2)5-6;1-2-3-4;2*1-2/h7-8,10-11,16,18,20H,6,9,12-15,17H2,1-5H3;9H,4-8H2,1-3H3;3-5H,1-2H3;3H,2H2,1H3;2*1-2H3/b8-7-;;;;;. The number of benzene rings is 2. The van der Waals surface area contributed by atoms with Gasteiger partial charge in [0.2, 0.25) is 0 Å². The summed E-state index contributed by atoms with van der Waals surface area (Å²) in [5.41, 5.74) is 4.74. The number of allylic oxidation sites excluding steroid dienone is 2. The van der Waals surface area contributed by atoms with Gasteiger partial charge in [0.25, 0.3) is 0 Å². The molecular formula is C48H83FO3. The molecule has 1 heterocycles. The number of halogens is 1. The minimum atomic E-state index is -0.124. The second-order valence-corrected chi connectivity index (χ2v) is 14.5. The van der Waals surface area contributed by atoms with Crippen LogP contribution < -0.4 is 4.74 Å². The first-order chi connectivity index (χ1) is 24.8. The summed E-state index contributed by atoms with van der Waals surface area (Å²) in [5.74, 6) is 3.53. The van der Waals surface area contributed by atoms with E-state index in [0.717, 1.165) is 54.9 Å². The van der Waals surface area contributed by atoms with Crippen molar-refractivity contribution in [3.05, 3.63) is 76.6 Å². The molecule has 2 atom stereocenters. The van der Waals surface area contributed by atoms with Gasteiger partial charge in [-0.1, -0.05) is 157 Å². The van der Waals surface area contributed by atoms with E-state index in [1.165, 1.54) is 62.1 Å². The third-order valence-electron chi connectivity index (χ3n) is 8.92. The third kappa shape index (κ3) is 26.9. The summed E-state index contributed by atoms with van der Waals surface area (Å²) in [6, 6.07) is 11.9. The topological polar surface area (TPSA) is 43.4 Å². The highest BCUT2D eigenvalue weighted by molar-refractivity contribution is 5.76. The molecule has 2 unspecified atom stereocenters. The largest absolute Gasteiger partial charge is 0.493 e. The van der Waals surface area contributed by atoms with Crippen molar-refractivity contribution in [2.75, 3.05) is 6.61 Å². The van der Waals surface area contributed by atoms with Gasteiger partial charge in [0.15, 0.2) is 0 Å². The van der Waals surface area contributed by atoms with E-state index in [0.29, 0.717) is 24.7 Å². The van der Waals surface area contributed by atoms with E-state index in [9.17, 15) is 14.0 Å². The highest BCUT2D eigenvalue weighted by Crippen LogP contribution is 2.34. The number of carbonyl (C=O) groups is 2. The van der Waals surface area contributed by atoms with Gasteiger partial charge in [0.05, 0.1) is 6.61 Å². The average Bonchev–Trinajstić information content (AvgIpc) is 3.61. The van der Waals surface area contributed by atoms with Crippen LogP contribution in [0.4, 0.5) is 4.39 Å². The normalized spacial score (nSPS) is 12.4. The molecule has 0 aliphatic carbocycles. The van der Waals surface area contributed by atoms with Crippen LogP contribution in [0.1, 0.15) is 189 Å². The number of carbonyl (C=O) groups excluding carboxylic acids is 2. The molecule has 300 valence electrons. The van der Waals surface area contributed by atoms with E-state index >= 15 is 0 Å². The molecular weight excluding hydrogens is 644 g/mol. The van der Waals surface area contributed by atoms with Gasteiger partial charge in [-0.3, -0.25) is 0 Å². The van der Waals surface area contributed by atoms with E-state index in [2.05, 4.69) is 78.8 Å². The van der Waals surface area contributed by atoms with Gasteiger partial charge in [0.1, 0.15) is 23.6 Å². The fourth-order valence-corrected chi connectivity index (χ4v) is 6.22. The Morgan fingerprint density at radius 1 is 0.904 bits per heavy atom. The Hall–Kier alpha value is -2.75. The van der Waals surface area contributed by atoms with Gasteiger partial charge in [-0.05, 0) is 98.4 Å². The van der Waals surface area contributed by atoms with Gasteiger partial charge in [-0.15, -0.1) is 0 Å². The summed E-state index contributed by atoms with van der Waals surface area (Å²) in [4.78, 5) is 20.5. The number of aryl methyl sites for hydroxylation is 2. The average molecular weight is 727 g/mol. The van der Waals surface area contributed by atoms with Crippen molar-refractivity contribution in [2.45, 2.75) is 187 Å². The van der Waals surface area contributed by atoms with Crippen molar-refractivity contribution in [3.8, 4) is 5.75 Å². The van der Waals surface area contributed by atoms with Crippen molar-refractivity contribution < 1.29 is 18.7 Å². The van der Waals surface area contributed by atoms with E-state index in [4.69, 9.17) is 4.74 Å². The maximum Gasteiger partial charge on any atom is 0.130 e. The summed E-state index contributed by atoms with van der Waals surface area (Å²) in [6.45, 7) is 31.9. The van der Waals surface area contributed by atoms with E-state index in [1.807, 2.05) is 47.6 Å². The van der Waals surface area contributed by atoms with Gasteiger partial charge >= 0.3 is 0 Å². The zero-order valence-electron chi connectivity index (χ0n) is 36.7. The van der Waals surface area contributed by atoms with Gasteiger partial charge in [-0.2, -0.15) is 0 Å². The molecule has 0 amide bonds. The first kappa shape index (κ1) is 53.6. The van der Waals surface area contributed by atoms with Crippen molar-refractivity contribution in [3.63, 3.8) is 0 Å².